The average molecular weight is 1190 g/mol. The normalized spacial score (nSPS) is 17.8. The van der Waals surface area contributed by atoms with Crippen LogP contribution >= 0.6 is 23.2 Å². The molecule has 5 aliphatic heterocycles. The molecule has 0 amide bonds. The Hall–Kier alpha value is -5.62. The number of H-pyrrole nitrogens is 1. The lowest BCUT2D eigenvalue weighted by atomic mass is 10.0. The summed E-state index contributed by atoms with van der Waals surface area (Å²) in [5.74, 6) is 5.51. The highest BCUT2D eigenvalue weighted by atomic mass is 35.5. The van der Waals surface area contributed by atoms with Gasteiger partial charge in [-0.1, -0.05) is 62.1 Å². The number of furan rings is 2. The van der Waals surface area contributed by atoms with Gasteiger partial charge < -0.3 is 38.4 Å². The lowest BCUT2D eigenvalue weighted by molar-refractivity contribution is 0.122. The summed E-state index contributed by atoms with van der Waals surface area (Å²) < 4.78 is 47.3. The second-order valence-electron chi connectivity index (χ2n) is 21.2. The van der Waals surface area contributed by atoms with Crippen LogP contribution in [0.1, 0.15) is 37.5 Å². The molecule has 0 spiro atoms. The molecule has 4 fully saturated rings. The van der Waals surface area contributed by atoms with Crippen LogP contribution in [-0.4, -0.2) is 170 Å². The second-order valence-corrected chi connectivity index (χ2v) is 29.6. The standard InChI is InChI=1S/C26H27ClN6O3S.C26H25ClN6O3S.C6H16Si/c2*27-19-1-2-20-17(3-4-28-20)21(19)24-30-22-18-13-16(15-32-7-11-37(34)12-8-32)14-29-26(18)36-23(22)25(31-24)33-5-9-35-10-6-33;1-4-7(5-2)6-3/h1-2,13-14,28H,3-12,15H2;1-4,13-14,28H,5-12,15H2;7H,4-6H2,1-3H3. The molecule has 23 heteroatoms. The number of morpholine rings is 2. The summed E-state index contributed by atoms with van der Waals surface area (Å²) in [6, 6.07) is 18.5. The van der Waals surface area contributed by atoms with Gasteiger partial charge in [-0.2, -0.15) is 0 Å². The van der Waals surface area contributed by atoms with Crippen molar-refractivity contribution >= 4 is 126 Å². The molecular weight excluding hydrogens is 1120 g/mol. The molecule has 0 unspecified atom stereocenters. The van der Waals surface area contributed by atoms with E-state index in [1.54, 1.807) is 0 Å². The smallest absolute Gasteiger partial charge is 0.229 e. The fraction of sp³-hybridized carbons (Fsp3) is 0.448. The van der Waals surface area contributed by atoms with Crippen molar-refractivity contribution in [2.45, 2.75) is 58.4 Å². The summed E-state index contributed by atoms with van der Waals surface area (Å²) in [6.07, 6.45) is 6.49. The SMILES string of the molecule is CC[SiH](CC)CC.O=S1CCN(Cc2cnc3oc4c(N5CCOCC5)nc(-c5c(Cl)ccc6[nH]ccc56)nc4c3c2)CC1.O=S1CCN(Cc2cnc3oc4c(N5CCOCC5)nc(-c5c(Cl)ccc6c5CCN6)nc4c3c2)CC1. The number of rotatable bonds is 11. The number of aromatic amines is 1. The molecule has 12 heterocycles. The summed E-state index contributed by atoms with van der Waals surface area (Å²) in [4.78, 5) is 41.7. The van der Waals surface area contributed by atoms with Gasteiger partial charge in [-0.25, -0.2) is 29.9 Å². The fourth-order valence-electron chi connectivity index (χ4n) is 11.5. The Morgan fingerprint density at radius 2 is 1.10 bits per heavy atom. The molecule has 81 heavy (non-hydrogen) atoms. The maximum atomic E-state index is 11.8. The number of ether oxygens (including phenoxy) is 2. The van der Waals surface area contributed by atoms with Gasteiger partial charge >= 0.3 is 0 Å². The van der Waals surface area contributed by atoms with Crippen LogP contribution in [-0.2, 0) is 50.6 Å². The van der Waals surface area contributed by atoms with Gasteiger partial charge in [0, 0.05) is 172 Å². The summed E-state index contributed by atoms with van der Waals surface area (Å²) in [6.45, 7) is 18.0. The van der Waals surface area contributed by atoms with Crippen LogP contribution in [0.2, 0.25) is 28.2 Å². The zero-order valence-corrected chi connectivity index (χ0v) is 50.4. The number of nitrogens with zero attached hydrogens (tertiary/aromatic N) is 10. The highest BCUT2D eigenvalue weighted by molar-refractivity contribution is 7.85. The molecule has 5 aliphatic rings. The number of aromatic nitrogens is 7. The molecule has 0 radical (unpaired) electrons. The third-order valence-corrected chi connectivity index (χ3v) is 22.9. The second kappa shape index (κ2) is 25.1. The van der Waals surface area contributed by atoms with Gasteiger partial charge in [0.2, 0.25) is 11.4 Å². The van der Waals surface area contributed by atoms with Crippen molar-refractivity contribution in [1.29, 1.82) is 0 Å². The Morgan fingerprint density at radius 1 is 0.605 bits per heavy atom. The first-order valence-corrected chi connectivity index (χ1v) is 34.6. The Bertz CT molecular complexity index is 3770. The van der Waals surface area contributed by atoms with Crippen molar-refractivity contribution < 1.29 is 26.7 Å². The first-order chi connectivity index (χ1) is 39.6. The first kappa shape index (κ1) is 55.9. The molecule has 426 valence electrons. The van der Waals surface area contributed by atoms with Crippen LogP contribution in [0.3, 0.4) is 0 Å². The third kappa shape index (κ3) is 12.0. The quantitative estimate of drug-likeness (QED) is 0.116. The Balaban J connectivity index is 0.000000144. The van der Waals surface area contributed by atoms with E-state index in [9.17, 15) is 8.42 Å². The Morgan fingerprint density at radius 3 is 1.60 bits per heavy atom. The summed E-state index contributed by atoms with van der Waals surface area (Å²) in [7, 11) is -1.58. The van der Waals surface area contributed by atoms with E-state index in [0.29, 0.717) is 83.8 Å². The van der Waals surface area contributed by atoms with E-state index in [2.05, 4.69) is 72.8 Å². The topological polar surface area (TPSA) is 197 Å². The zero-order valence-electron chi connectivity index (χ0n) is 46.1. The molecule has 4 saturated heterocycles. The van der Waals surface area contributed by atoms with Crippen LogP contribution in [0.25, 0.3) is 78.1 Å². The van der Waals surface area contributed by atoms with E-state index in [1.165, 1.54) is 18.1 Å². The molecule has 9 aromatic rings. The molecule has 14 rings (SSSR count). The maximum Gasteiger partial charge on any atom is 0.229 e. The first-order valence-electron chi connectivity index (χ1n) is 28.4. The summed E-state index contributed by atoms with van der Waals surface area (Å²) in [5.41, 5.74) is 10.8. The number of hydrogen-bond acceptors (Lipinski definition) is 17. The van der Waals surface area contributed by atoms with Crippen molar-refractivity contribution in [3.05, 3.63) is 87.8 Å². The predicted octanol–water partition coefficient (Wildman–Crippen LogP) is 9.71. The van der Waals surface area contributed by atoms with Crippen molar-refractivity contribution in [2.75, 3.05) is 123 Å². The molecule has 18 nitrogen and oxygen atoms in total. The lowest BCUT2D eigenvalue weighted by Crippen LogP contribution is -2.37. The maximum absolute atomic E-state index is 11.8. The van der Waals surface area contributed by atoms with E-state index >= 15 is 0 Å². The van der Waals surface area contributed by atoms with Crippen LogP contribution < -0.4 is 15.1 Å². The van der Waals surface area contributed by atoms with Crippen molar-refractivity contribution in [3.8, 4) is 22.8 Å². The minimum absolute atomic E-state index is 0.171. The van der Waals surface area contributed by atoms with E-state index in [-0.39, 0.29) is 8.80 Å². The molecular formula is C58H68Cl2N12O6S2Si. The Labute approximate surface area is 487 Å². The van der Waals surface area contributed by atoms with Gasteiger partial charge in [0.25, 0.3) is 0 Å². The molecule has 0 saturated carbocycles. The van der Waals surface area contributed by atoms with E-state index in [1.807, 2.05) is 48.9 Å². The third-order valence-electron chi connectivity index (χ3n) is 16.2. The number of benzene rings is 2. The van der Waals surface area contributed by atoms with Crippen LogP contribution in [0.5, 0.6) is 0 Å². The van der Waals surface area contributed by atoms with Gasteiger partial charge in [-0.05, 0) is 65.6 Å². The highest BCUT2D eigenvalue weighted by Gasteiger charge is 2.29. The fourth-order valence-corrected chi connectivity index (χ4v) is 16.0. The summed E-state index contributed by atoms with van der Waals surface area (Å²) >= 11 is 13.5. The Kier molecular flexibility index (Phi) is 17.3. The molecule has 0 atom stereocenters. The number of pyridine rings is 2. The number of hydrogen-bond donors (Lipinski definition) is 2. The van der Waals surface area contributed by atoms with Crippen molar-refractivity contribution in [1.82, 2.24) is 44.7 Å². The predicted molar refractivity (Wildman–Crippen MR) is 330 cm³/mol. The van der Waals surface area contributed by atoms with Gasteiger partial charge in [0.05, 0.1) is 47.2 Å². The van der Waals surface area contributed by atoms with Crippen LogP contribution in [0, 0.1) is 0 Å². The molecule has 2 N–H and O–H groups in total. The largest absolute Gasteiger partial charge is 0.432 e. The number of nitrogens with one attached hydrogen (secondary N) is 2. The highest BCUT2D eigenvalue weighted by Crippen LogP contribution is 2.42. The molecule has 0 bridgehead atoms. The molecule has 2 aromatic carbocycles. The average Bonchev–Trinajstić information content (AvgIpc) is 4.36. The van der Waals surface area contributed by atoms with Crippen molar-refractivity contribution in [2.24, 2.45) is 0 Å². The van der Waals surface area contributed by atoms with Gasteiger partial charge in [0.15, 0.2) is 34.5 Å². The summed E-state index contributed by atoms with van der Waals surface area (Å²) in [5, 5.41) is 7.35. The van der Waals surface area contributed by atoms with Crippen LogP contribution in [0.4, 0.5) is 17.3 Å². The van der Waals surface area contributed by atoms with Crippen molar-refractivity contribution in [3.63, 3.8) is 0 Å². The van der Waals surface area contributed by atoms with Crippen LogP contribution in [0.15, 0.2) is 69.9 Å². The van der Waals surface area contributed by atoms with E-state index in [4.69, 9.17) is 61.4 Å². The number of anilines is 3. The monoisotopic (exact) mass is 1190 g/mol. The number of halogens is 2. The number of fused-ring (bicyclic) bond motifs is 8. The van der Waals surface area contributed by atoms with Gasteiger partial charge in [0.1, 0.15) is 11.0 Å². The van der Waals surface area contributed by atoms with E-state index < -0.39 is 21.6 Å². The molecule has 7 aromatic heterocycles. The minimum atomic E-state index is -0.705. The van der Waals surface area contributed by atoms with Gasteiger partial charge in [-0.15, -0.1) is 0 Å². The lowest BCUT2D eigenvalue weighted by Gasteiger charge is -2.28. The minimum Gasteiger partial charge on any atom is -0.432 e. The van der Waals surface area contributed by atoms with Gasteiger partial charge in [-0.3, -0.25) is 18.2 Å². The zero-order chi connectivity index (χ0) is 55.6. The molecule has 0 aliphatic carbocycles. The van der Waals surface area contributed by atoms with E-state index in [0.717, 1.165) is 166 Å².